The lowest BCUT2D eigenvalue weighted by Gasteiger charge is -2.17. The van der Waals surface area contributed by atoms with Gasteiger partial charge in [0, 0.05) is 13.0 Å². The number of rotatable bonds is 4. The summed E-state index contributed by atoms with van der Waals surface area (Å²) in [4.78, 5) is 14.1. The Labute approximate surface area is 134 Å². The van der Waals surface area contributed by atoms with Crippen molar-refractivity contribution in [2.45, 2.75) is 18.9 Å². The van der Waals surface area contributed by atoms with Gasteiger partial charge in [-0.15, -0.1) is 0 Å². The molecule has 0 aromatic heterocycles. The van der Waals surface area contributed by atoms with Crippen LogP contribution in [0.15, 0.2) is 48.5 Å². The van der Waals surface area contributed by atoms with Crippen molar-refractivity contribution in [3.05, 3.63) is 59.9 Å². The number of hydrogen-bond acceptors (Lipinski definition) is 3. The highest BCUT2D eigenvalue weighted by Gasteiger charge is 2.27. The predicted molar refractivity (Wildman–Crippen MR) is 83.8 cm³/mol. The van der Waals surface area contributed by atoms with Gasteiger partial charge in [0.05, 0.1) is 13.0 Å². The van der Waals surface area contributed by atoms with E-state index in [9.17, 15) is 14.3 Å². The third-order valence-corrected chi connectivity index (χ3v) is 3.88. The smallest absolute Gasteiger partial charge is 0.227 e. The Bertz CT molecular complexity index is 687. The van der Waals surface area contributed by atoms with Gasteiger partial charge >= 0.3 is 0 Å². The van der Waals surface area contributed by atoms with Crippen molar-refractivity contribution in [3.63, 3.8) is 0 Å². The number of carbonyl (C=O) groups excluding carboxylic acids is 1. The molecule has 1 heterocycles. The van der Waals surface area contributed by atoms with Crippen molar-refractivity contribution in [2.24, 2.45) is 0 Å². The van der Waals surface area contributed by atoms with Crippen molar-refractivity contribution >= 4 is 5.91 Å². The van der Waals surface area contributed by atoms with Gasteiger partial charge in [-0.1, -0.05) is 12.1 Å². The van der Waals surface area contributed by atoms with Crippen LogP contribution < -0.4 is 4.74 Å². The molecule has 0 saturated carbocycles. The lowest BCUT2D eigenvalue weighted by Crippen LogP contribution is -2.32. The molecule has 0 radical (unpaired) electrons. The second-order valence-corrected chi connectivity index (χ2v) is 5.67. The summed E-state index contributed by atoms with van der Waals surface area (Å²) in [7, 11) is 0. The molecule has 120 valence electrons. The average Bonchev–Trinajstić information content (AvgIpc) is 2.98. The van der Waals surface area contributed by atoms with Crippen LogP contribution in [0.4, 0.5) is 4.39 Å². The first kappa shape index (κ1) is 15.3. The monoisotopic (exact) mass is 315 g/mol. The summed E-state index contributed by atoms with van der Waals surface area (Å²) in [5, 5.41) is 9.45. The Hall–Kier alpha value is -2.56. The van der Waals surface area contributed by atoms with E-state index >= 15 is 0 Å². The number of halogens is 1. The lowest BCUT2D eigenvalue weighted by atomic mass is 10.1. The minimum absolute atomic E-state index is 0.0146. The molecule has 1 aliphatic heterocycles. The Balaban J connectivity index is 1.54. The average molecular weight is 315 g/mol. The van der Waals surface area contributed by atoms with Gasteiger partial charge in [0.25, 0.3) is 0 Å². The zero-order valence-corrected chi connectivity index (χ0v) is 12.6. The Morgan fingerprint density at radius 2 is 2.04 bits per heavy atom. The molecule has 1 atom stereocenters. The van der Waals surface area contributed by atoms with Crippen molar-refractivity contribution in [3.8, 4) is 11.5 Å². The molecular weight excluding hydrogens is 297 g/mol. The van der Waals surface area contributed by atoms with Crippen LogP contribution in [-0.2, 0) is 11.2 Å². The third kappa shape index (κ3) is 4.00. The summed E-state index contributed by atoms with van der Waals surface area (Å²) in [5.41, 5.74) is 0.790. The summed E-state index contributed by atoms with van der Waals surface area (Å²) in [6.07, 6.45) is 0.939. The SMILES string of the molecule is O=C(Cc1cccc(O)c1)N1CC[C@@H](Oc2ccc(F)cc2)C1. The van der Waals surface area contributed by atoms with Gasteiger partial charge in [0.15, 0.2) is 0 Å². The van der Waals surface area contributed by atoms with Gasteiger partial charge in [-0.25, -0.2) is 4.39 Å². The first-order valence-electron chi connectivity index (χ1n) is 7.58. The van der Waals surface area contributed by atoms with E-state index in [-0.39, 0.29) is 30.0 Å². The maximum Gasteiger partial charge on any atom is 0.227 e. The van der Waals surface area contributed by atoms with Crippen molar-refractivity contribution < 1.29 is 19.0 Å². The fourth-order valence-corrected chi connectivity index (χ4v) is 2.71. The van der Waals surface area contributed by atoms with Crippen LogP contribution in [0.25, 0.3) is 0 Å². The maximum atomic E-state index is 12.9. The highest BCUT2D eigenvalue weighted by molar-refractivity contribution is 5.79. The third-order valence-electron chi connectivity index (χ3n) is 3.88. The number of nitrogens with zero attached hydrogens (tertiary/aromatic N) is 1. The predicted octanol–water partition coefficient (Wildman–Crippen LogP) is 2.75. The van der Waals surface area contributed by atoms with Crippen LogP contribution in [0.5, 0.6) is 11.5 Å². The quantitative estimate of drug-likeness (QED) is 0.944. The number of benzene rings is 2. The van der Waals surface area contributed by atoms with Crippen LogP contribution in [0.3, 0.4) is 0 Å². The molecule has 1 saturated heterocycles. The topological polar surface area (TPSA) is 49.8 Å². The van der Waals surface area contributed by atoms with Gasteiger partial charge < -0.3 is 14.7 Å². The Morgan fingerprint density at radius 3 is 2.78 bits per heavy atom. The molecule has 1 aliphatic rings. The largest absolute Gasteiger partial charge is 0.508 e. The number of phenolic OH excluding ortho intramolecular Hbond substituents is 1. The van der Waals surface area contributed by atoms with Gasteiger partial charge in [0.1, 0.15) is 23.4 Å². The molecule has 2 aromatic rings. The first-order valence-corrected chi connectivity index (χ1v) is 7.58. The summed E-state index contributed by atoms with van der Waals surface area (Å²) < 4.78 is 18.7. The minimum Gasteiger partial charge on any atom is -0.508 e. The zero-order valence-electron chi connectivity index (χ0n) is 12.6. The molecule has 1 amide bonds. The van der Waals surface area contributed by atoms with Crippen molar-refractivity contribution in [2.75, 3.05) is 13.1 Å². The second-order valence-electron chi connectivity index (χ2n) is 5.67. The molecule has 3 rings (SSSR count). The van der Waals surface area contributed by atoms with Crippen molar-refractivity contribution in [1.82, 2.24) is 4.90 Å². The van der Waals surface area contributed by atoms with Crippen LogP contribution in [0.2, 0.25) is 0 Å². The molecule has 23 heavy (non-hydrogen) atoms. The van der Waals surface area contributed by atoms with E-state index in [2.05, 4.69) is 0 Å². The summed E-state index contributed by atoms with van der Waals surface area (Å²) >= 11 is 0. The number of hydrogen-bond donors (Lipinski definition) is 1. The van der Waals surface area contributed by atoms with Crippen LogP contribution in [0.1, 0.15) is 12.0 Å². The van der Waals surface area contributed by atoms with E-state index in [4.69, 9.17) is 4.74 Å². The number of carbonyl (C=O) groups is 1. The van der Waals surface area contributed by atoms with E-state index in [1.165, 1.54) is 12.1 Å². The van der Waals surface area contributed by atoms with E-state index in [1.807, 2.05) is 6.07 Å². The summed E-state index contributed by atoms with van der Waals surface area (Å²) in [6.45, 7) is 1.17. The normalized spacial score (nSPS) is 17.3. The second kappa shape index (κ2) is 6.69. The van der Waals surface area contributed by atoms with Crippen LogP contribution in [-0.4, -0.2) is 35.1 Å². The molecule has 1 fully saturated rings. The van der Waals surface area contributed by atoms with E-state index in [0.29, 0.717) is 18.8 Å². The first-order chi connectivity index (χ1) is 11.1. The van der Waals surface area contributed by atoms with Gasteiger partial charge in [0.2, 0.25) is 5.91 Å². The molecule has 0 spiro atoms. The van der Waals surface area contributed by atoms with Gasteiger partial charge in [-0.2, -0.15) is 0 Å². The van der Waals surface area contributed by atoms with E-state index in [1.54, 1.807) is 35.2 Å². The van der Waals surface area contributed by atoms with Crippen LogP contribution >= 0.6 is 0 Å². The standard InChI is InChI=1S/C18H18FNO3/c19-14-4-6-16(7-5-14)23-17-8-9-20(12-17)18(22)11-13-2-1-3-15(21)10-13/h1-7,10,17,21H,8-9,11-12H2/t17-/m1/s1. The Morgan fingerprint density at radius 1 is 1.26 bits per heavy atom. The summed E-state index contributed by atoms with van der Waals surface area (Å²) in [6, 6.07) is 12.6. The maximum absolute atomic E-state index is 12.9. The minimum atomic E-state index is -0.299. The number of aromatic hydroxyl groups is 1. The molecule has 0 unspecified atom stereocenters. The molecule has 5 heteroatoms. The fraction of sp³-hybridized carbons (Fsp3) is 0.278. The molecule has 0 bridgehead atoms. The molecular formula is C18H18FNO3. The van der Waals surface area contributed by atoms with Gasteiger partial charge in [-0.05, 0) is 42.0 Å². The highest BCUT2D eigenvalue weighted by Crippen LogP contribution is 2.20. The fourth-order valence-electron chi connectivity index (χ4n) is 2.71. The molecule has 2 aromatic carbocycles. The number of likely N-dealkylation sites (tertiary alicyclic amines) is 1. The zero-order chi connectivity index (χ0) is 16.2. The Kier molecular flexibility index (Phi) is 4.46. The molecule has 0 aliphatic carbocycles. The van der Waals surface area contributed by atoms with Gasteiger partial charge in [-0.3, -0.25) is 4.79 Å². The number of phenols is 1. The molecule has 4 nitrogen and oxygen atoms in total. The molecule has 1 N–H and O–H groups in total. The van der Waals surface area contributed by atoms with Crippen molar-refractivity contribution in [1.29, 1.82) is 0 Å². The lowest BCUT2D eigenvalue weighted by molar-refractivity contribution is -0.129. The summed E-state index contributed by atoms with van der Waals surface area (Å²) in [5.74, 6) is 0.486. The number of ether oxygens (including phenoxy) is 1. The van der Waals surface area contributed by atoms with E-state index < -0.39 is 0 Å². The number of amides is 1. The van der Waals surface area contributed by atoms with Crippen LogP contribution in [0, 0.1) is 5.82 Å². The van der Waals surface area contributed by atoms with E-state index in [0.717, 1.165) is 12.0 Å². The highest BCUT2D eigenvalue weighted by atomic mass is 19.1.